The Morgan fingerprint density at radius 3 is 3.00 bits per heavy atom. The van der Waals surface area contributed by atoms with E-state index in [-0.39, 0.29) is 0 Å². The van der Waals surface area contributed by atoms with E-state index in [1.807, 2.05) is 6.07 Å². The number of hydrogen-bond donors (Lipinski definition) is 1. The molecule has 78 valence electrons. The molecule has 0 spiro atoms. The van der Waals surface area contributed by atoms with Crippen LogP contribution >= 0.6 is 27.3 Å². The summed E-state index contributed by atoms with van der Waals surface area (Å²) in [5, 5.41) is 4.54. The Morgan fingerprint density at radius 2 is 2.27 bits per heavy atom. The van der Waals surface area contributed by atoms with Gasteiger partial charge < -0.3 is 5.32 Å². The molecule has 0 saturated heterocycles. The van der Waals surface area contributed by atoms with Gasteiger partial charge in [-0.15, -0.1) is 0 Å². The lowest BCUT2D eigenvalue weighted by Gasteiger charge is -2.08. The van der Waals surface area contributed by atoms with Gasteiger partial charge in [0, 0.05) is 10.0 Å². The van der Waals surface area contributed by atoms with Crippen LogP contribution in [0.3, 0.4) is 0 Å². The summed E-state index contributed by atoms with van der Waals surface area (Å²) < 4.78 is 2.35. The predicted octanol–water partition coefficient (Wildman–Crippen LogP) is 4.02. The van der Waals surface area contributed by atoms with Crippen molar-refractivity contribution in [3.05, 3.63) is 22.7 Å². The van der Waals surface area contributed by atoms with Gasteiger partial charge in [0.2, 0.25) is 0 Å². The molecule has 1 aromatic heterocycles. The minimum atomic E-state index is 0.311. The van der Waals surface area contributed by atoms with E-state index in [0.717, 1.165) is 15.1 Å². The number of hydrogen-bond acceptors (Lipinski definition) is 3. The summed E-state index contributed by atoms with van der Waals surface area (Å²) in [5.74, 6) is 0. The fourth-order valence-electron chi connectivity index (χ4n) is 1.52. The predicted molar refractivity (Wildman–Crippen MR) is 68.6 cm³/mol. The Labute approximate surface area is 101 Å². The first-order valence-corrected chi connectivity index (χ1v) is 6.60. The standard InChI is InChI=1S/C11H11BrN2S/c1-11(4-5-11)14-10-13-8-3-2-7(12)6-9(8)15-10/h2-3,6H,4-5H2,1H3,(H,13,14). The van der Waals surface area contributed by atoms with E-state index in [1.54, 1.807) is 11.3 Å². The summed E-state index contributed by atoms with van der Waals surface area (Å²) in [6.07, 6.45) is 2.51. The molecule has 15 heavy (non-hydrogen) atoms. The van der Waals surface area contributed by atoms with Crippen LogP contribution in [0.2, 0.25) is 0 Å². The van der Waals surface area contributed by atoms with E-state index in [4.69, 9.17) is 0 Å². The van der Waals surface area contributed by atoms with Crippen LogP contribution in [-0.4, -0.2) is 10.5 Å². The van der Waals surface area contributed by atoms with E-state index in [2.05, 4.69) is 45.3 Å². The highest BCUT2D eigenvalue weighted by atomic mass is 79.9. The van der Waals surface area contributed by atoms with Gasteiger partial charge in [-0.1, -0.05) is 27.3 Å². The highest BCUT2D eigenvalue weighted by Gasteiger charge is 2.37. The number of halogens is 1. The van der Waals surface area contributed by atoms with Gasteiger partial charge in [0.1, 0.15) is 0 Å². The first kappa shape index (κ1) is 9.60. The molecule has 0 amide bonds. The molecule has 0 bridgehead atoms. The molecule has 3 rings (SSSR count). The number of nitrogens with one attached hydrogen (secondary N) is 1. The molecular weight excluding hydrogens is 272 g/mol. The van der Waals surface area contributed by atoms with Crippen molar-refractivity contribution in [2.45, 2.75) is 25.3 Å². The number of aromatic nitrogens is 1. The molecule has 1 saturated carbocycles. The van der Waals surface area contributed by atoms with Gasteiger partial charge in [0.05, 0.1) is 10.2 Å². The molecule has 2 aromatic rings. The summed E-state index contributed by atoms with van der Waals surface area (Å²) in [6, 6.07) is 6.20. The van der Waals surface area contributed by atoms with Gasteiger partial charge >= 0.3 is 0 Å². The van der Waals surface area contributed by atoms with Crippen LogP contribution in [0.25, 0.3) is 10.2 Å². The molecule has 4 heteroatoms. The third-order valence-corrected chi connectivity index (χ3v) is 4.19. The number of anilines is 1. The first-order chi connectivity index (χ1) is 7.15. The maximum Gasteiger partial charge on any atom is 0.184 e. The number of fused-ring (bicyclic) bond motifs is 1. The smallest absolute Gasteiger partial charge is 0.184 e. The number of nitrogens with zero attached hydrogens (tertiary/aromatic N) is 1. The average Bonchev–Trinajstić information content (AvgIpc) is 2.76. The second-order valence-electron chi connectivity index (χ2n) is 4.32. The Balaban J connectivity index is 1.99. The SMILES string of the molecule is CC1(Nc2nc3ccc(Br)cc3s2)CC1. The largest absolute Gasteiger partial charge is 0.356 e. The Bertz CT molecular complexity index is 516. The maximum atomic E-state index is 4.57. The third-order valence-electron chi connectivity index (χ3n) is 2.76. The van der Waals surface area contributed by atoms with Gasteiger partial charge in [-0.25, -0.2) is 4.98 Å². The van der Waals surface area contributed by atoms with Crippen molar-refractivity contribution in [3.63, 3.8) is 0 Å². The van der Waals surface area contributed by atoms with Crippen molar-refractivity contribution < 1.29 is 0 Å². The molecule has 2 nitrogen and oxygen atoms in total. The number of thiazole rings is 1. The van der Waals surface area contributed by atoms with Crippen LogP contribution in [0, 0.1) is 0 Å². The number of rotatable bonds is 2. The molecule has 1 aromatic carbocycles. The molecule has 0 atom stereocenters. The van der Waals surface area contributed by atoms with E-state index in [9.17, 15) is 0 Å². The second-order valence-corrected chi connectivity index (χ2v) is 6.26. The summed E-state index contributed by atoms with van der Waals surface area (Å²) in [5.41, 5.74) is 1.39. The van der Waals surface area contributed by atoms with Gasteiger partial charge in [-0.3, -0.25) is 0 Å². The summed E-state index contributed by atoms with van der Waals surface area (Å²) in [6.45, 7) is 2.25. The lowest BCUT2D eigenvalue weighted by atomic mass is 10.3. The fraction of sp³-hybridized carbons (Fsp3) is 0.364. The van der Waals surface area contributed by atoms with Gasteiger partial charge in [-0.05, 0) is 38.0 Å². The molecule has 1 aliphatic rings. The molecule has 1 N–H and O–H groups in total. The average molecular weight is 283 g/mol. The Hall–Kier alpha value is -0.610. The first-order valence-electron chi connectivity index (χ1n) is 4.99. The van der Waals surface area contributed by atoms with Crippen LogP contribution < -0.4 is 5.32 Å². The number of benzene rings is 1. The third kappa shape index (κ3) is 1.88. The van der Waals surface area contributed by atoms with Crippen molar-refractivity contribution in [2.24, 2.45) is 0 Å². The van der Waals surface area contributed by atoms with Crippen molar-refractivity contribution in [1.29, 1.82) is 0 Å². The quantitative estimate of drug-likeness (QED) is 0.900. The Morgan fingerprint density at radius 1 is 1.47 bits per heavy atom. The van der Waals surface area contributed by atoms with Crippen LogP contribution in [0.5, 0.6) is 0 Å². The minimum absolute atomic E-state index is 0.311. The molecule has 0 radical (unpaired) electrons. The highest BCUT2D eigenvalue weighted by molar-refractivity contribution is 9.10. The van der Waals surface area contributed by atoms with E-state index in [1.165, 1.54) is 17.5 Å². The van der Waals surface area contributed by atoms with Crippen LogP contribution in [0.15, 0.2) is 22.7 Å². The topological polar surface area (TPSA) is 24.9 Å². The molecule has 1 heterocycles. The normalized spacial score (nSPS) is 18.0. The zero-order chi connectivity index (χ0) is 10.5. The van der Waals surface area contributed by atoms with E-state index < -0.39 is 0 Å². The van der Waals surface area contributed by atoms with Crippen LogP contribution in [0.4, 0.5) is 5.13 Å². The van der Waals surface area contributed by atoms with Crippen LogP contribution in [-0.2, 0) is 0 Å². The minimum Gasteiger partial charge on any atom is -0.356 e. The second kappa shape index (κ2) is 3.19. The fourth-order valence-corrected chi connectivity index (χ4v) is 3.09. The van der Waals surface area contributed by atoms with E-state index >= 15 is 0 Å². The zero-order valence-electron chi connectivity index (χ0n) is 8.38. The lowest BCUT2D eigenvalue weighted by Crippen LogP contribution is -2.15. The maximum absolute atomic E-state index is 4.57. The zero-order valence-corrected chi connectivity index (χ0v) is 10.8. The van der Waals surface area contributed by atoms with Crippen molar-refractivity contribution in [1.82, 2.24) is 4.98 Å². The summed E-state index contributed by atoms with van der Waals surface area (Å²) >= 11 is 5.20. The molecular formula is C11H11BrN2S. The van der Waals surface area contributed by atoms with Gasteiger partial charge in [0.25, 0.3) is 0 Å². The van der Waals surface area contributed by atoms with Crippen molar-refractivity contribution >= 4 is 42.6 Å². The van der Waals surface area contributed by atoms with Crippen LogP contribution in [0.1, 0.15) is 19.8 Å². The molecule has 0 unspecified atom stereocenters. The van der Waals surface area contributed by atoms with Crippen molar-refractivity contribution in [3.8, 4) is 0 Å². The van der Waals surface area contributed by atoms with Gasteiger partial charge in [-0.2, -0.15) is 0 Å². The summed E-state index contributed by atoms with van der Waals surface area (Å²) in [7, 11) is 0. The monoisotopic (exact) mass is 282 g/mol. The molecule has 1 fully saturated rings. The molecule has 0 aliphatic heterocycles. The van der Waals surface area contributed by atoms with Gasteiger partial charge in [0.15, 0.2) is 5.13 Å². The highest BCUT2D eigenvalue weighted by Crippen LogP contribution is 2.40. The molecule has 1 aliphatic carbocycles. The van der Waals surface area contributed by atoms with Crippen molar-refractivity contribution in [2.75, 3.05) is 5.32 Å². The van der Waals surface area contributed by atoms with E-state index in [0.29, 0.717) is 5.54 Å². The summed E-state index contributed by atoms with van der Waals surface area (Å²) in [4.78, 5) is 4.57. The lowest BCUT2D eigenvalue weighted by molar-refractivity contribution is 0.828. The Kier molecular flexibility index (Phi) is 2.04.